The van der Waals surface area contributed by atoms with Crippen LogP contribution in [-0.2, 0) is 24.4 Å². The second kappa shape index (κ2) is 14.2. The average molecular weight is 596 g/mol. The number of nitrogens with zero attached hydrogens (tertiary/aromatic N) is 2. The van der Waals surface area contributed by atoms with Gasteiger partial charge in [0.25, 0.3) is 10.1 Å². The Morgan fingerprint density at radius 1 is 1.10 bits per heavy atom. The van der Waals surface area contributed by atoms with E-state index < -0.39 is 34.0 Å². The number of nitrogens with one attached hydrogen (secondary N) is 3. The molecule has 4 fully saturated rings. The van der Waals surface area contributed by atoms with Crippen molar-refractivity contribution in [2.45, 2.75) is 75.3 Å². The van der Waals surface area contributed by atoms with E-state index in [0.29, 0.717) is 25.4 Å². The smallest absolute Gasteiger partial charge is 0.283 e. The Morgan fingerprint density at radius 2 is 1.79 bits per heavy atom. The Hall–Kier alpha value is -1.09. The molecule has 2 amide bonds. The second-order valence-corrected chi connectivity index (χ2v) is 13.6. The van der Waals surface area contributed by atoms with Crippen LogP contribution in [-0.4, -0.2) is 110 Å². The first-order valence-corrected chi connectivity index (χ1v) is 16.2. The van der Waals surface area contributed by atoms with Crippen LogP contribution in [0.4, 0.5) is 4.39 Å². The molecule has 3 saturated heterocycles. The van der Waals surface area contributed by atoms with Crippen molar-refractivity contribution in [3.63, 3.8) is 0 Å². The number of hydrogen-bond donors (Lipinski definition) is 4. The van der Waals surface area contributed by atoms with E-state index in [4.69, 9.17) is 20.9 Å². The van der Waals surface area contributed by atoms with Gasteiger partial charge in [0.05, 0.1) is 17.4 Å². The normalized spacial score (nSPS) is 31.6. The van der Waals surface area contributed by atoms with Gasteiger partial charge >= 0.3 is 0 Å². The van der Waals surface area contributed by atoms with Crippen molar-refractivity contribution in [2.75, 3.05) is 51.8 Å². The fourth-order valence-electron chi connectivity index (χ4n) is 6.04. The highest BCUT2D eigenvalue weighted by Crippen LogP contribution is 2.33. The Kier molecular flexibility index (Phi) is 11.2. The quantitative estimate of drug-likeness (QED) is 0.156. The van der Waals surface area contributed by atoms with E-state index in [1.807, 2.05) is 0 Å². The van der Waals surface area contributed by atoms with Crippen LogP contribution in [0.5, 0.6) is 0 Å². The van der Waals surface area contributed by atoms with Crippen molar-refractivity contribution in [3.05, 3.63) is 0 Å². The number of halogens is 2. The van der Waals surface area contributed by atoms with Crippen LogP contribution in [0.2, 0.25) is 0 Å². The number of amides is 2. The fourth-order valence-corrected chi connectivity index (χ4v) is 6.54. The van der Waals surface area contributed by atoms with Crippen molar-refractivity contribution >= 4 is 33.5 Å². The molecule has 3 aliphatic heterocycles. The summed E-state index contributed by atoms with van der Waals surface area (Å²) in [5.41, 5.74) is 0. The molecule has 4 N–H and O–H groups in total. The lowest BCUT2D eigenvalue weighted by atomic mass is 9.83. The number of rotatable bonds is 11. The molecule has 0 aromatic heterocycles. The van der Waals surface area contributed by atoms with Gasteiger partial charge in [-0.2, -0.15) is 8.42 Å². The fraction of sp³-hybridized carbons (Fsp3) is 0.920. The molecule has 4 rings (SSSR count). The lowest BCUT2D eigenvalue weighted by molar-refractivity contribution is -0.144. The maximum atomic E-state index is 14.9. The van der Waals surface area contributed by atoms with Crippen LogP contribution < -0.4 is 16.0 Å². The number of ether oxygens (including phenoxy) is 1. The van der Waals surface area contributed by atoms with Crippen molar-refractivity contribution in [1.29, 1.82) is 0 Å². The first-order chi connectivity index (χ1) is 18.6. The van der Waals surface area contributed by atoms with E-state index in [0.717, 1.165) is 45.4 Å². The van der Waals surface area contributed by atoms with E-state index in [9.17, 15) is 22.4 Å². The number of carbonyl (C=O) groups excluding carboxylic acids is 2. The monoisotopic (exact) mass is 595 g/mol. The summed E-state index contributed by atoms with van der Waals surface area (Å²) in [5.74, 6) is -1.74. The first-order valence-electron chi connectivity index (χ1n) is 14.2. The topological polar surface area (TPSA) is 140 Å². The Labute approximate surface area is 235 Å². The molecule has 39 heavy (non-hydrogen) atoms. The summed E-state index contributed by atoms with van der Waals surface area (Å²) in [6.07, 6.45) is 5.19. The van der Waals surface area contributed by atoms with Crippen molar-refractivity contribution in [2.24, 2.45) is 17.8 Å². The summed E-state index contributed by atoms with van der Waals surface area (Å²) in [7, 11) is -4.29. The predicted octanol–water partition coefficient (Wildman–Crippen LogP) is 0.896. The molecule has 0 radical (unpaired) electrons. The number of piperidine rings is 1. The zero-order chi connectivity index (χ0) is 28.0. The van der Waals surface area contributed by atoms with Gasteiger partial charge in [0.15, 0.2) is 0 Å². The predicted molar refractivity (Wildman–Crippen MR) is 144 cm³/mol. The molecule has 0 aromatic carbocycles. The van der Waals surface area contributed by atoms with E-state index in [1.165, 1.54) is 17.7 Å². The largest absolute Gasteiger partial charge is 0.378 e. The Balaban J connectivity index is 1.04. The standard InChI is InChI=1S/C25H43ClFN5O6S/c26-20-12-28-25(29-13-20)31-7-5-17(6-8-31)2-1-9-38-21-4-3-18(22(27)11-21)10-23(33)32-14-19(15-32)24(34)30-16-39(35,36)37/h17-22,25,28-29H,1-16H2,(H,30,34)(H,35,36,37). The minimum Gasteiger partial charge on any atom is -0.378 e. The van der Waals surface area contributed by atoms with Gasteiger partial charge in [-0.05, 0) is 50.4 Å². The number of hydrogen-bond acceptors (Lipinski definition) is 8. The lowest BCUT2D eigenvalue weighted by Crippen LogP contribution is -2.62. The molecule has 0 spiro atoms. The van der Waals surface area contributed by atoms with Gasteiger partial charge in [0.1, 0.15) is 18.3 Å². The number of carbonyl (C=O) groups is 2. The van der Waals surface area contributed by atoms with Gasteiger partial charge in [0, 0.05) is 58.7 Å². The minimum atomic E-state index is -4.29. The highest BCUT2D eigenvalue weighted by Gasteiger charge is 2.39. The molecule has 1 aliphatic carbocycles. The molecule has 4 aliphatic rings. The Bertz CT molecular complexity index is 926. The SMILES string of the molecule is O=C(NCS(=O)(=O)O)C1CN(C(=O)CC2CCC(OCCCC3CCN(C4NCC(Cl)CN4)CC3)CC2F)C1. The minimum absolute atomic E-state index is 0.101. The van der Waals surface area contributed by atoms with Crippen molar-refractivity contribution in [3.8, 4) is 0 Å². The van der Waals surface area contributed by atoms with Gasteiger partial charge in [-0.25, -0.2) is 4.39 Å². The van der Waals surface area contributed by atoms with Crippen molar-refractivity contribution in [1.82, 2.24) is 25.8 Å². The Morgan fingerprint density at radius 3 is 2.44 bits per heavy atom. The van der Waals surface area contributed by atoms with Gasteiger partial charge in [-0.3, -0.25) is 29.7 Å². The van der Waals surface area contributed by atoms with E-state index in [-0.39, 0.29) is 49.1 Å². The zero-order valence-electron chi connectivity index (χ0n) is 22.4. The highest BCUT2D eigenvalue weighted by molar-refractivity contribution is 7.85. The van der Waals surface area contributed by atoms with E-state index in [1.54, 1.807) is 0 Å². The summed E-state index contributed by atoms with van der Waals surface area (Å²) in [6.45, 7) is 4.78. The molecule has 3 heterocycles. The molecule has 0 aromatic rings. The molecule has 1 saturated carbocycles. The van der Waals surface area contributed by atoms with Crippen LogP contribution in [0.3, 0.4) is 0 Å². The van der Waals surface area contributed by atoms with Gasteiger partial charge < -0.3 is 15.0 Å². The molecular formula is C25H43ClFN5O6S. The molecule has 3 unspecified atom stereocenters. The maximum Gasteiger partial charge on any atom is 0.283 e. The molecule has 14 heteroatoms. The molecule has 224 valence electrons. The van der Waals surface area contributed by atoms with Crippen LogP contribution >= 0.6 is 11.6 Å². The van der Waals surface area contributed by atoms with Gasteiger partial charge in [-0.15, -0.1) is 11.6 Å². The first kappa shape index (κ1) is 30.9. The summed E-state index contributed by atoms with van der Waals surface area (Å²) in [5, 5.41) is 9.20. The van der Waals surface area contributed by atoms with Crippen LogP contribution in [0.1, 0.15) is 51.4 Å². The van der Waals surface area contributed by atoms with Crippen LogP contribution in [0.25, 0.3) is 0 Å². The maximum absolute atomic E-state index is 14.9. The van der Waals surface area contributed by atoms with E-state index >= 15 is 0 Å². The molecular weight excluding hydrogens is 553 g/mol. The third-order valence-electron chi connectivity index (χ3n) is 8.52. The lowest BCUT2D eigenvalue weighted by Gasteiger charge is -2.41. The highest BCUT2D eigenvalue weighted by atomic mass is 35.5. The summed E-state index contributed by atoms with van der Waals surface area (Å²) >= 11 is 6.13. The average Bonchev–Trinajstić information content (AvgIpc) is 2.86. The van der Waals surface area contributed by atoms with Gasteiger partial charge in [0.2, 0.25) is 11.8 Å². The van der Waals surface area contributed by atoms with Crippen LogP contribution in [0, 0.1) is 17.8 Å². The zero-order valence-corrected chi connectivity index (χ0v) is 24.0. The molecule has 3 atom stereocenters. The summed E-state index contributed by atoms with van der Waals surface area (Å²) in [4.78, 5) is 28.4. The number of alkyl halides is 2. The van der Waals surface area contributed by atoms with Gasteiger partial charge in [-0.1, -0.05) is 0 Å². The summed E-state index contributed by atoms with van der Waals surface area (Å²) in [6, 6.07) is 0. The molecule has 11 nitrogen and oxygen atoms in total. The van der Waals surface area contributed by atoms with Crippen LogP contribution in [0.15, 0.2) is 0 Å². The summed E-state index contributed by atoms with van der Waals surface area (Å²) < 4.78 is 51.1. The second-order valence-electron chi connectivity index (χ2n) is 11.5. The van der Waals surface area contributed by atoms with Crippen molar-refractivity contribution < 1.29 is 31.7 Å². The third-order valence-corrected chi connectivity index (χ3v) is 9.34. The molecule has 0 bridgehead atoms. The number of likely N-dealkylation sites (tertiary alicyclic amines) is 2. The van der Waals surface area contributed by atoms with E-state index in [2.05, 4.69) is 20.9 Å². The third kappa shape index (κ3) is 9.47.